The summed E-state index contributed by atoms with van der Waals surface area (Å²) in [5.74, 6) is 1.62. The largest absolute Gasteiger partial charge is 0.619 e. The molecule has 0 amide bonds. The van der Waals surface area contributed by atoms with Gasteiger partial charge in [0.15, 0.2) is 18.0 Å². The lowest BCUT2D eigenvalue weighted by molar-refractivity contribution is -0.605. The zero-order valence-corrected chi connectivity index (χ0v) is 22.2. The van der Waals surface area contributed by atoms with Crippen molar-refractivity contribution in [2.45, 2.75) is 38.6 Å². The second-order valence-corrected chi connectivity index (χ2v) is 11.3. The second kappa shape index (κ2) is 10.9. The SMILES string of the molecule is CCc1cnn2c(NCc3ccc[n+]([O-])c3)cc(N(C)CCOCCS(=O)(=O)n3cc(C4CC4)nn3)nc12. The fourth-order valence-corrected chi connectivity index (χ4v) is 4.93. The molecule has 5 rings (SSSR count). The van der Waals surface area contributed by atoms with Crippen LogP contribution in [0.5, 0.6) is 0 Å². The third kappa shape index (κ3) is 5.86. The van der Waals surface area contributed by atoms with E-state index in [1.54, 1.807) is 16.8 Å². The van der Waals surface area contributed by atoms with Crippen LogP contribution in [0.15, 0.2) is 43.0 Å². The van der Waals surface area contributed by atoms with Gasteiger partial charge in [0.25, 0.3) is 10.0 Å². The van der Waals surface area contributed by atoms with Crippen molar-refractivity contribution in [3.8, 4) is 0 Å². The van der Waals surface area contributed by atoms with Crippen molar-refractivity contribution >= 4 is 27.3 Å². The lowest BCUT2D eigenvalue weighted by Crippen LogP contribution is -2.26. The third-order valence-electron chi connectivity index (χ3n) is 6.44. The van der Waals surface area contributed by atoms with Gasteiger partial charge in [0.2, 0.25) is 0 Å². The Morgan fingerprint density at radius 3 is 2.92 bits per heavy atom. The number of aromatic nitrogens is 7. The van der Waals surface area contributed by atoms with Crippen LogP contribution in [0.2, 0.25) is 0 Å². The molecule has 38 heavy (non-hydrogen) atoms. The summed E-state index contributed by atoms with van der Waals surface area (Å²) < 4.78 is 34.1. The summed E-state index contributed by atoms with van der Waals surface area (Å²) in [6.45, 7) is 3.36. The first-order valence-corrected chi connectivity index (χ1v) is 14.2. The molecule has 202 valence electrons. The summed E-state index contributed by atoms with van der Waals surface area (Å²) >= 11 is 0. The van der Waals surface area contributed by atoms with Gasteiger partial charge in [-0.25, -0.2) is 13.4 Å². The van der Waals surface area contributed by atoms with E-state index in [9.17, 15) is 13.6 Å². The van der Waals surface area contributed by atoms with E-state index in [0.29, 0.717) is 31.4 Å². The standard InChI is InChI=1S/C24H31N9O4S/c1-3-19-15-26-33-22(25-14-18-5-4-8-31(34)16-18)13-23(27-24(19)33)30(2)9-10-37-11-12-38(35,36)32-17-21(28-29-32)20-6-7-20/h4-5,8,13,15-17,20,25H,3,6-7,9-12,14H2,1-2H3. The van der Waals surface area contributed by atoms with E-state index in [4.69, 9.17) is 9.72 Å². The van der Waals surface area contributed by atoms with Crippen molar-refractivity contribution < 1.29 is 17.9 Å². The molecular formula is C24H31N9O4S. The van der Waals surface area contributed by atoms with Crippen molar-refractivity contribution in [2.75, 3.05) is 42.8 Å². The number of anilines is 2. The summed E-state index contributed by atoms with van der Waals surface area (Å²) in [5.41, 5.74) is 3.33. The van der Waals surface area contributed by atoms with Crippen LogP contribution in [0.1, 0.15) is 42.5 Å². The molecule has 0 atom stereocenters. The normalized spacial score (nSPS) is 13.7. The highest BCUT2D eigenvalue weighted by Gasteiger charge is 2.28. The summed E-state index contributed by atoms with van der Waals surface area (Å²) in [5, 5.41) is 27.2. The Morgan fingerprint density at radius 1 is 1.32 bits per heavy atom. The van der Waals surface area contributed by atoms with Crippen molar-refractivity contribution in [2.24, 2.45) is 0 Å². The first-order valence-electron chi connectivity index (χ1n) is 12.6. The maximum absolute atomic E-state index is 12.5. The number of likely N-dealkylation sites (N-methyl/N-ethyl adjacent to an activating group) is 1. The minimum Gasteiger partial charge on any atom is -0.619 e. The van der Waals surface area contributed by atoms with E-state index in [2.05, 4.69) is 20.7 Å². The monoisotopic (exact) mass is 541 g/mol. The van der Waals surface area contributed by atoms with E-state index >= 15 is 0 Å². The molecule has 1 aliphatic rings. The van der Waals surface area contributed by atoms with E-state index in [-0.39, 0.29) is 12.4 Å². The molecule has 0 unspecified atom stereocenters. The molecule has 4 aromatic rings. The zero-order chi connectivity index (χ0) is 26.7. The predicted molar refractivity (Wildman–Crippen MR) is 140 cm³/mol. The molecule has 1 saturated carbocycles. The number of hydrogen-bond donors (Lipinski definition) is 1. The Balaban J connectivity index is 1.19. The molecule has 0 aromatic carbocycles. The van der Waals surface area contributed by atoms with Gasteiger partial charge in [-0.3, -0.25) is 0 Å². The average molecular weight is 542 g/mol. The summed E-state index contributed by atoms with van der Waals surface area (Å²) in [6.07, 6.45) is 9.12. The Bertz CT molecular complexity index is 1510. The molecule has 0 aliphatic heterocycles. The first kappa shape index (κ1) is 25.9. The van der Waals surface area contributed by atoms with Gasteiger partial charge in [-0.05, 0) is 25.3 Å². The van der Waals surface area contributed by atoms with Gasteiger partial charge in [-0.15, -0.1) is 9.19 Å². The van der Waals surface area contributed by atoms with Gasteiger partial charge < -0.3 is 20.2 Å². The minimum atomic E-state index is -3.61. The summed E-state index contributed by atoms with van der Waals surface area (Å²) in [7, 11) is -1.71. The fraction of sp³-hybridized carbons (Fsp3) is 0.458. The number of fused-ring (bicyclic) bond motifs is 1. The smallest absolute Gasteiger partial charge is 0.257 e. The number of aryl methyl sites for hydroxylation is 1. The van der Waals surface area contributed by atoms with Crippen molar-refractivity contribution in [1.82, 2.24) is 29.0 Å². The molecule has 1 N–H and O–H groups in total. The van der Waals surface area contributed by atoms with E-state index < -0.39 is 10.0 Å². The number of rotatable bonds is 13. The van der Waals surface area contributed by atoms with Crippen LogP contribution in [0.4, 0.5) is 11.6 Å². The fourth-order valence-electron chi connectivity index (χ4n) is 4.00. The maximum Gasteiger partial charge on any atom is 0.257 e. The summed E-state index contributed by atoms with van der Waals surface area (Å²) in [6, 6.07) is 5.47. The molecule has 0 radical (unpaired) electrons. The Labute approximate surface area is 220 Å². The van der Waals surface area contributed by atoms with Crippen LogP contribution in [0, 0.1) is 5.21 Å². The van der Waals surface area contributed by atoms with Gasteiger partial charge in [-0.2, -0.15) is 14.3 Å². The minimum absolute atomic E-state index is 0.0491. The highest BCUT2D eigenvalue weighted by molar-refractivity contribution is 7.89. The molecule has 0 spiro atoms. The number of hydrogen-bond acceptors (Lipinski definition) is 10. The third-order valence-corrected chi connectivity index (χ3v) is 7.87. The Hall–Kier alpha value is -3.78. The average Bonchev–Trinajstić information content (AvgIpc) is 3.46. The molecule has 4 aromatic heterocycles. The van der Waals surface area contributed by atoms with Gasteiger partial charge in [-0.1, -0.05) is 12.1 Å². The number of nitrogens with zero attached hydrogens (tertiary/aromatic N) is 8. The Morgan fingerprint density at radius 2 is 2.16 bits per heavy atom. The molecule has 0 bridgehead atoms. The lowest BCUT2D eigenvalue weighted by atomic mass is 10.2. The second-order valence-electron chi connectivity index (χ2n) is 9.32. The van der Waals surface area contributed by atoms with Gasteiger partial charge in [0, 0.05) is 49.3 Å². The van der Waals surface area contributed by atoms with Gasteiger partial charge in [0.05, 0.1) is 37.1 Å². The lowest BCUT2D eigenvalue weighted by Gasteiger charge is -2.20. The molecule has 1 fully saturated rings. The quantitative estimate of drug-likeness (QED) is 0.149. The van der Waals surface area contributed by atoms with Crippen LogP contribution >= 0.6 is 0 Å². The highest BCUT2D eigenvalue weighted by Crippen LogP contribution is 2.38. The maximum atomic E-state index is 12.5. The van der Waals surface area contributed by atoms with E-state index in [0.717, 1.165) is 56.4 Å². The predicted octanol–water partition coefficient (Wildman–Crippen LogP) is 1.34. The van der Waals surface area contributed by atoms with Crippen molar-refractivity contribution in [1.29, 1.82) is 0 Å². The van der Waals surface area contributed by atoms with Crippen molar-refractivity contribution in [3.05, 3.63) is 65.0 Å². The first-order chi connectivity index (χ1) is 18.3. The molecular weight excluding hydrogens is 510 g/mol. The van der Waals surface area contributed by atoms with Crippen LogP contribution < -0.4 is 14.9 Å². The highest BCUT2D eigenvalue weighted by atomic mass is 32.2. The van der Waals surface area contributed by atoms with Crippen molar-refractivity contribution in [3.63, 3.8) is 0 Å². The van der Waals surface area contributed by atoms with Crippen LogP contribution in [-0.2, 0) is 27.7 Å². The van der Waals surface area contributed by atoms with Crippen LogP contribution in [0.25, 0.3) is 5.65 Å². The molecule has 13 nitrogen and oxygen atoms in total. The molecule has 1 aliphatic carbocycles. The van der Waals surface area contributed by atoms with Crippen LogP contribution in [0.3, 0.4) is 0 Å². The molecule has 4 heterocycles. The molecule has 0 saturated heterocycles. The number of nitrogens with one attached hydrogen (secondary N) is 1. The van der Waals surface area contributed by atoms with E-state index in [1.807, 2.05) is 31.0 Å². The zero-order valence-electron chi connectivity index (χ0n) is 21.4. The number of ether oxygens (including phenoxy) is 1. The number of pyridine rings is 1. The van der Waals surface area contributed by atoms with Gasteiger partial charge >= 0.3 is 0 Å². The Kier molecular flexibility index (Phi) is 7.42. The van der Waals surface area contributed by atoms with E-state index in [1.165, 1.54) is 18.6 Å². The van der Waals surface area contributed by atoms with Gasteiger partial charge in [0.1, 0.15) is 11.6 Å². The van der Waals surface area contributed by atoms with Crippen LogP contribution in [-0.4, -0.2) is 70.0 Å². The topological polar surface area (TPSA) is 146 Å². The summed E-state index contributed by atoms with van der Waals surface area (Å²) in [4.78, 5) is 6.74. The molecule has 14 heteroatoms.